The molecule has 0 atom stereocenters. The van der Waals surface area contributed by atoms with Gasteiger partial charge in [0.2, 0.25) is 0 Å². The average molecular weight is 400 g/mol. The Kier molecular flexibility index (Phi) is 5.68. The molecule has 0 saturated heterocycles. The van der Waals surface area contributed by atoms with Crippen LogP contribution in [0.5, 0.6) is 0 Å². The van der Waals surface area contributed by atoms with Gasteiger partial charge in [-0.3, -0.25) is 4.79 Å². The third kappa shape index (κ3) is 4.24. The molecular weight excluding hydrogens is 381 g/mol. The van der Waals surface area contributed by atoms with Crippen molar-refractivity contribution in [3.63, 3.8) is 0 Å². The van der Waals surface area contributed by atoms with Gasteiger partial charge in [-0.2, -0.15) is 5.10 Å². The molecule has 0 fully saturated rings. The van der Waals surface area contributed by atoms with Gasteiger partial charge < -0.3 is 4.57 Å². The number of nitrogens with one attached hydrogen (secondary N) is 1. The normalized spacial score (nSPS) is 11.1. The molecule has 0 bridgehead atoms. The fourth-order valence-corrected chi connectivity index (χ4v) is 3.24. The number of rotatable bonds is 4. The van der Waals surface area contributed by atoms with Crippen LogP contribution < -0.4 is 5.43 Å². The molecule has 1 N–H and O–H groups in total. The minimum Gasteiger partial charge on any atom is -0.318 e. The Bertz CT molecular complexity index is 1040. The predicted molar refractivity (Wildman–Crippen MR) is 112 cm³/mol. The van der Waals surface area contributed by atoms with E-state index in [9.17, 15) is 4.79 Å². The standard InChI is InChI=1S/C21H19Cl2N3O/c1-13-5-4-6-18(9-13)26-14(2)10-17(15(26)3)12-24-25-21(27)16-7-8-19(22)20(23)11-16/h4-12H,1-3H3,(H,25,27)/b24-12-. The largest absolute Gasteiger partial charge is 0.318 e. The van der Waals surface area contributed by atoms with E-state index in [1.165, 1.54) is 11.6 Å². The molecule has 138 valence electrons. The number of aryl methyl sites for hydroxylation is 2. The van der Waals surface area contributed by atoms with Gasteiger partial charge in [0.05, 0.1) is 16.3 Å². The maximum absolute atomic E-state index is 12.2. The topological polar surface area (TPSA) is 46.4 Å². The van der Waals surface area contributed by atoms with Crippen molar-refractivity contribution in [2.45, 2.75) is 20.8 Å². The Balaban J connectivity index is 1.79. The molecule has 3 rings (SSSR count). The first-order valence-corrected chi connectivity index (χ1v) is 9.17. The lowest BCUT2D eigenvalue weighted by atomic mass is 10.2. The molecule has 1 amide bonds. The highest BCUT2D eigenvalue weighted by Gasteiger charge is 2.10. The van der Waals surface area contributed by atoms with E-state index in [1.807, 2.05) is 26.0 Å². The van der Waals surface area contributed by atoms with Crippen molar-refractivity contribution in [1.82, 2.24) is 9.99 Å². The van der Waals surface area contributed by atoms with E-state index < -0.39 is 0 Å². The van der Waals surface area contributed by atoms with Crippen LogP contribution in [0.15, 0.2) is 53.6 Å². The van der Waals surface area contributed by atoms with Gasteiger partial charge in [-0.1, -0.05) is 35.3 Å². The van der Waals surface area contributed by atoms with Crippen molar-refractivity contribution < 1.29 is 4.79 Å². The van der Waals surface area contributed by atoms with Crippen LogP contribution in [0, 0.1) is 20.8 Å². The Morgan fingerprint density at radius 2 is 1.81 bits per heavy atom. The van der Waals surface area contributed by atoms with Crippen LogP contribution in [0.2, 0.25) is 10.0 Å². The van der Waals surface area contributed by atoms with Crippen molar-refractivity contribution in [3.05, 3.63) is 86.7 Å². The minimum atomic E-state index is -0.350. The van der Waals surface area contributed by atoms with Gasteiger partial charge in [0.1, 0.15) is 0 Å². The van der Waals surface area contributed by atoms with Crippen LogP contribution in [0.3, 0.4) is 0 Å². The van der Waals surface area contributed by atoms with E-state index in [0.29, 0.717) is 15.6 Å². The van der Waals surface area contributed by atoms with Crippen LogP contribution in [-0.2, 0) is 0 Å². The first kappa shape index (κ1) is 19.2. The Labute approximate surface area is 168 Å². The number of amides is 1. The number of aromatic nitrogens is 1. The first-order valence-electron chi connectivity index (χ1n) is 8.41. The van der Waals surface area contributed by atoms with Crippen molar-refractivity contribution in [2.75, 3.05) is 0 Å². The van der Waals surface area contributed by atoms with E-state index in [4.69, 9.17) is 23.2 Å². The fourth-order valence-electron chi connectivity index (χ4n) is 2.95. The highest BCUT2D eigenvalue weighted by Crippen LogP contribution is 2.23. The van der Waals surface area contributed by atoms with Gasteiger partial charge >= 0.3 is 0 Å². The summed E-state index contributed by atoms with van der Waals surface area (Å²) < 4.78 is 2.16. The summed E-state index contributed by atoms with van der Waals surface area (Å²) in [6, 6.07) is 15.0. The molecule has 0 saturated carbocycles. The molecule has 2 aromatic carbocycles. The van der Waals surface area contributed by atoms with Crippen LogP contribution >= 0.6 is 23.2 Å². The second kappa shape index (κ2) is 7.99. The molecule has 0 aliphatic carbocycles. The van der Waals surface area contributed by atoms with E-state index in [1.54, 1.807) is 18.3 Å². The van der Waals surface area contributed by atoms with Crippen LogP contribution in [0.25, 0.3) is 5.69 Å². The monoisotopic (exact) mass is 399 g/mol. The molecule has 0 unspecified atom stereocenters. The average Bonchev–Trinajstić information content (AvgIpc) is 2.91. The lowest BCUT2D eigenvalue weighted by Gasteiger charge is -2.10. The Morgan fingerprint density at radius 3 is 2.52 bits per heavy atom. The number of benzene rings is 2. The van der Waals surface area contributed by atoms with Crippen molar-refractivity contribution in [2.24, 2.45) is 5.10 Å². The summed E-state index contributed by atoms with van der Waals surface area (Å²) in [5, 5.41) is 4.81. The first-order chi connectivity index (χ1) is 12.9. The zero-order chi connectivity index (χ0) is 19.6. The molecule has 0 aliphatic rings. The Morgan fingerprint density at radius 1 is 1.04 bits per heavy atom. The molecule has 27 heavy (non-hydrogen) atoms. The van der Waals surface area contributed by atoms with E-state index in [0.717, 1.165) is 22.6 Å². The van der Waals surface area contributed by atoms with E-state index in [-0.39, 0.29) is 5.91 Å². The maximum Gasteiger partial charge on any atom is 0.271 e. The van der Waals surface area contributed by atoms with Crippen LogP contribution in [0.1, 0.15) is 32.9 Å². The zero-order valence-electron chi connectivity index (χ0n) is 15.3. The summed E-state index contributed by atoms with van der Waals surface area (Å²) in [5.74, 6) is -0.350. The third-order valence-corrected chi connectivity index (χ3v) is 5.02. The number of carbonyl (C=O) groups excluding carboxylic acids is 1. The minimum absolute atomic E-state index is 0.329. The molecule has 3 aromatic rings. The molecule has 1 aromatic heterocycles. The van der Waals surface area contributed by atoms with E-state index in [2.05, 4.69) is 40.2 Å². The van der Waals surface area contributed by atoms with Gasteiger partial charge in [-0.25, -0.2) is 5.43 Å². The molecule has 0 radical (unpaired) electrons. The third-order valence-electron chi connectivity index (χ3n) is 4.28. The van der Waals surface area contributed by atoms with Gasteiger partial charge in [0, 0.05) is 28.2 Å². The van der Waals surface area contributed by atoms with Crippen LogP contribution in [0.4, 0.5) is 0 Å². The second-order valence-corrected chi connectivity index (χ2v) is 7.14. The summed E-state index contributed by atoms with van der Waals surface area (Å²) in [6.07, 6.45) is 1.64. The Hall–Kier alpha value is -2.56. The maximum atomic E-state index is 12.2. The number of carbonyl (C=O) groups is 1. The van der Waals surface area contributed by atoms with Crippen molar-refractivity contribution in [1.29, 1.82) is 0 Å². The molecular formula is C21H19Cl2N3O. The molecule has 0 aliphatic heterocycles. The molecule has 0 spiro atoms. The lowest BCUT2D eigenvalue weighted by molar-refractivity contribution is 0.0955. The highest BCUT2D eigenvalue weighted by atomic mass is 35.5. The number of hydrazone groups is 1. The van der Waals surface area contributed by atoms with Gasteiger partial charge in [-0.05, 0) is 62.7 Å². The molecule has 1 heterocycles. The number of nitrogens with zero attached hydrogens (tertiary/aromatic N) is 2. The van der Waals surface area contributed by atoms with Gasteiger partial charge in [0.15, 0.2) is 0 Å². The van der Waals surface area contributed by atoms with Gasteiger partial charge in [-0.15, -0.1) is 0 Å². The van der Waals surface area contributed by atoms with E-state index >= 15 is 0 Å². The van der Waals surface area contributed by atoms with Crippen LogP contribution in [-0.4, -0.2) is 16.7 Å². The second-order valence-electron chi connectivity index (χ2n) is 6.33. The van der Waals surface area contributed by atoms with Gasteiger partial charge in [0.25, 0.3) is 5.91 Å². The molecule has 6 heteroatoms. The zero-order valence-corrected chi connectivity index (χ0v) is 16.8. The summed E-state index contributed by atoms with van der Waals surface area (Å²) in [5.41, 5.74) is 8.29. The summed E-state index contributed by atoms with van der Waals surface area (Å²) in [4.78, 5) is 12.2. The summed E-state index contributed by atoms with van der Waals surface area (Å²) in [6.45, 7) is 6.14. The quantitative estimate of drug-likeness (QED) is 0.458. The highest BCUT2D eigenvalue weighted by molar-refractivity contribution is 6.42. The molecule has 4 nitrogen and oxygen atoms in total. The predicted octanol–water partition coefficient (Wildman–Crippen LogP) is 5.47. The SMILES string of the molecule is Cc1cccc(-n2c(C)cc(/C=N\NC(=O)c3ccc(Cl)c(Cl)c3)c2C)c1. The van der Waals surface area contributed by atoms with Crippen molar-refractivity contribution >= 4 is 35.3 Å². The van der Waals surface area contributed by atoms with Crippen molar-refractivity contribution in [3.8, 4) is 5.69 Å². The smallest absolute Gasteiger partial charge is 0.271 e. The number of halogens is 2. The summed E-state index contributed by atoms with van der Waals surface area (Å²) in [7, 11) is 0. The fraction of sp³-hybridized carbons (Fsp3) is 0.143. The summed E-state index contributed by atoms with van der Waals surface area (Å²) >= 11 is 11.8. The lowest BCUT2D eigenvalue weighted by Crippen LogP contribution is -2.17. The number of hydrogen-bond donors (Lipinski definition) is 1. The number of hydrogen-bond acceptors (Lipinski definition) is 2.